The van der Waals surface area contributed by atoms with Crippen molar-refractivity contribution in [1.29, 1.82) is 0 Å². The normalized spacial score (nSPS) is 20.3. The Morgan fingerprint density at radius 1 is 1.14 bits per heavy atom. The number of benzene rings is 2. The number of aryl methyl sites for hydroxylation is 1. The molecule has 0 spiro atoms. The Balaban J connectivity index is 1.22. The van der Waals surface area contributed by atoms with E-state index in [1.165, 1.54) is 0 Å². The van der Waals surface area contributed by atoms with Gasteiger partial charge < -0.3 is 24.8 Å². The Labute approximate surface area is 171 Å². The Morgan fingerprint density at radius 3 is 2.55 bits per heavy atom. The van der Waals surface area contributed by atoms with Crippen molar-refractivity contribution in [2.75, 3.05) is 26.2 Å². The third-order valence-corrected chi connectivity index (χ3v) is 5.66. The zero-order chi connectivity index (χ0) is 20.2. The van der Waals surface area contributed by atoms with E-state index in [1.807, 2.05) is 60.4 Å². The second-order valence-electron chi connectivity index (χ2n) is 7.82. The Morgan fingerprint density at radius 2 is 1.83 bits per heavy atom. The second-order valence-corrected chi connectivity index (χ2v) is 7.82. The summed E-state index contributed by atoms with van der Waals surface area (Å²) in [4.78, 5) is 14.5. The molecular formula is C23H28N2O4. The van der Waals surface area contributed by atoms with Crippen LogP contribution in [0, 0.1) is 6.92 Å². The molecule has 0 bridgehead atoms. The third kappa shape index (κ3) is 4.71. The molecule has 2 heterocycles. The van der Waals surface area contributed by atoms with Crippen LogP contribution in [0.3, 0.4) is 0 Å². The van der Waals surface area contributed by atoms with Crippen LogP contribution in [0.2, 0.25) is 0 Å². The van der Waals surface area contributed by atoms with Crippen LogP contribution in [0.15, 0.2) is 48.5 Å². The largest absolute Gasteiger partial charge is 0.486 e. The number of likely N-dealkylation sites (tertiary alicyclic amines) is 1. The fraction of sp³-hybridized carbons (Fsp3) is 0.435. The van der Waals surface area contributed by atoms with Crippen molar-refractivity contribution in [3.63, 3.8) is 0 Å². The van der Waals surface area contributed by atoms with E-state index in [0.717, 1.165) is 42.8 Å². The molecule has 2 aromatic rings. The topological polar surface area (TPSA) is 71.0 Å². The van der Waals surface area contributed by atoms with E-state index in [9.17, 15) is 9.90 Å². The van der Waals surface area contributed by atoms with Crippen molar-refractivity contribution in [1.82, 2.24) is 10.2 Å². The van der Waals surface area contributed by atoms with Gasteiger partial charge >= 0.3 is 0 Å². The summed E-state index contributed by atoms with van der Waals surface area (Å²) < 4.78 is 11.6. The number of rotatable bonds is 5. The van der Waals surface area contributed by atoms with Crippen LogP contribution >= 0.6 is 0 Å². The van der Waals surface area contributed by atoms with Crippen molar-refractivity contribution in [2.45, 2.75) is 38.0 Å². The number of para-hydroxylation sites is 2. The number of nitrogens with one attached hydrogen (secondary N) is 1. The van der Waals surface area contributed by atoms with E-state index in [-0.39, 0.29) is 18.1 Å². The first-order valence-electron chi connectivity index (χ1n) is 10.3. The van der Waals surface area contributed by atoms with Crippen LogP contribution in [-0.2, 0) is 0 Å². The van der Waals surface area contributed by atoms with Gasteiger partial charge in [-0.25, -0.2) is 0 Å². The highest BCUT2D eigenvalue weighted by Crippen LogP contribution is 2.31. The predicted molar refractivity (Wildman–Crippen MR) is 110 cm³/mol. The molecule has 1 saturated heterocycles. The summed E-state index contributed by atoms with van der Waals surface area (Å²) in [7, 11) is 0. The number of hydrogen-bond donors (Lipinski definition) is 2. The lowest BCUT2D eigenvalue weighted by Crippen LogP contribution is -2.50. The zero-order valence-corrected chi connectivity index (χ0v) is 16.7. The van der Waals surface area contributed by atoms with Crippen LogP contribution in [-0.4, -0.2) is 60.4 Å². The highest BCUT2D eigenvalue weighted by Gasteiger charge is 2.29. The van der Waals surface area contributed by atoms with E-state index in [1.54, 1.807) is 0 Å². The Kier molecular flexibility index (Phi) is 6.02. The van der Waals surface area contributed by atoms with Crippen LogP contribution in [0.4, 0.5) is 0 Å². The number of ether oxygens (including phenoxy) is 2. The number of carbonyl (C=O) groups is 1. The SMILES string of the molecule is Cc1ccc(C(=O)N2CCC(NCC(O)C3COc4ccccc4O3)CC2)cc1. The van der Waals surface area contributed by atoms with Gasteiger partial charge in [-0.3, -0.25) is 4.79 Å². The molecule has 2 aliphatic rings. The van der Waals surface area contributed by atoms with Gasteiger partial charge in [0.25, 0.3) is 5.91 Å². The van der Waals surface area contributed by atoms with Crippen LogP contribution in [0.1, 0.15) is 28.8 Å². The highest BCUT2D eigenvalue weighted by molar-refractivity contribution is 5.94. The first kappa shape index (κ1) is 19.7. The number of piperidine rings is 1. The minimum atomic E-state index is -0.657. The summed E-state index contributed by atoms with van der Waals surface area (Å²) in [6.07, 6.45) is 0.695. The lowest BCUT2D eigenvalue weighted by Gasteiger charge is -2.34. The van der Waals surface area contributed by atoms with E-state index in [0.29, 0.717) is 18.9 Å². The van der Waals surface area contributed by atoms with E-state index in [4.69, 9.17) is 9.47 Å². The average Bonchev–Trinajstić information content (AvgIpc) is 2.77. The van der Waals surface area contributed by atoms with Crippen LogP contribution in [0.5, 0.6) is 11.5 Å². The van der Waals surface area contributed by atoms with Crippen molar-refractivity contribution in [3.8, 4) is 11.5 Å². The first-order valence-corrected chi connectivity index (χ1v) is 10.3. The molecule has 154 valence electrons. The lowest BCUT2D eigenvalue weighted by molar-refractivity contribution is -0.0109. The summed E-state index contributed by atoms with van der Waals surface area (Å²) in [6.45, 7) is 4.23. The summed E-state index contributed by atoms with van der Waals surface area (Å²) in [6, 6.07) is 15.5. The van der Waals surface area contributed by atoms with Crippen LogP contribution in [0.25, 0.3) is 0 Å². The van der Waals surface area contributed by atoms with Gasteiger partial charge in [0, 0.05) is 31.2 Å². The molecule has 0 radical (unpaired) electrons. The maximum atomic E-state index is 12.6. The molecule has 0 aromatic heterocycles. The minimum Gasteiger partial charge on any atom is -0.486 e. The number of aliphatic hydroxyl groups excluding tert-OH is 1. The maximum Gasteiger partial charge on any atom is 0.253 e. The van der Waals surface area contributed by atoms with Crippen molar-refractivity contribution < 1.29 is 19.4 Å². The van der Waals surface area contributed by atoms with Gasteiger partial charge in [-0.15, -0.1) is 0 Å². The van der Waals surface area contributed by atoms with E-state index in [2.05, 4.69) is 5.32 Å². The fourth-order valence-corrected chi connectivity index (χ4v) is 3.81. The maximum absolute atomic E-state index is 12.6. The van der Waals surface area contributed by atoms with Gasteiger partial charge in [-0.2, -0.15) is 0 Å². The molecular weight excluding hydrogens is 368 g/mol. The summed E-state index contributed by atoms with van der Waals surface area (Å²) >= 11 is 0. The molecule has 4 rings (SSSR count). The van der Waals surface area contributed by atoms with Crippen LogP contribution < -0.4 is 14.8 Å². The Hall–Kier alpha value is -2.57. The average molecular weight is 396 g/mol. The quantitative estimate of drug-likeness (QED) is 0.812. The molecule has 2 N–H and O–H groups in total. The smallest absolute Gasteiger partial charge is 0.253 e. The number of carbonyl (C=O) groups excluding carboxylic acids is 1. The van der Waals surface area contributed by atoms with Gasteiger partial charge in [0.15, 0.2) is 17.6 Å². The standard InChI is InChI=1S/C23H28N2O4/c1-16-6-8-17(9-7-16)23(27)25-12-10-18(11-13-25)24-14-19(26)22-15-28-20-4-2-3-5-21(20)29-22/h2-9,18-19,22,24,26H,10-15H2,1H3. The molecule has 1 fully saturated rings. The fourth-order valence-electron chi connectivity index (χ4n) is 3.81. The molecule has 1 amide bonds. The van der Waals surface area contributed by atoms with Gasteiger partial charge in [0.2, 0.25) is 0 Å². The summed E-state index contributed by atoms with van der Waals surface area (Å²) in [5.41, 5.74) is 1.89. The first-order chi connectivity index (χ1) is 14.1. The third-order valence-electron chi connectivity index (χ3n) is 5.66. The monoisotopic (exact) mass is 396 g/mol. The van der Waals surface area contributed by atoms with Gasteiger partial charge in [0.1, 0.15) is 12.7 Å². The van der Waals surface area contributed by atoms with Gasteiger partial charge in [-0.05, 0) is 44.0 Å². The summed E-state index contributed by atoms with van der Waals surface area (Å²) in [5.74, 6) is 1.48. The number of fused-ring (bicyclic) bond motifs is 1. The minimum absolute atomic E-state index is 0.0925. The molecule has 2 atom stereocenters. The van der Waals surface area contributed by atoms with Crippen molar-refractivity contribution in [2.24, 2.45) is 0 Å². The number of hydrogen-bond acceptors (Lipinski definition) is 5. The Bertz CT molecular complexity index is 831. The lowest BCUT2D eigenvalue weighted by atomic mass is 10.0. The number of amides is 1. The number of aliphatic hydroxyl groups is 1. The molecule has 6 nitrogen and oxygen atoms in total. The zero-order valence-electron chi connectivity index (χ0n) is 16.7. The number of nitrogens with zero attached hydrogens (tertiary/aromatic N) is 1. The van der Waals surface area contributed by atoms with Crippen molar-refractivity contribution >= 4 is 5.91 Å². The molecule has 0 saturated carbocycles. The van der Waals surface area contributed by atoms with E-state index >= 15 is 0 Å². The van der Waals surface area contributed by atoms with Crippen molar-refractivity contribution in [3.05, 3.63) is 59.7 Å². The summed E-state index contributed by atoms with van der Waals surface area (Å²) in [5, 5.41) is 13.9. The molecule has 0 aliphatic carbocycles. The van der Waals surface area contributed by atoms with Gasteiger partial charge in [0.05, 0.1) is 0 Å². The van der Waals surface area contributed by atoms with E-state index < -0.39 is 6.10 Å². The molecule has 29 heavy (non-hydrogen) atoms. The molecule has 6 heteroatoms. The predicted octanol–water partition coefficient (Wildman–Crippen LogP) is 2.39. The molecule has 2 unspecified atom stereocenters. The molecule has 2 aromatic carbocycles. The van der Waals surface area contributed by atoms with Gasteiger partial charge in [-0.1, -0.05) is 29.8 Å². The highest BCUT2D eigenvalue weighted by atomic mass is 16.6. The second kappa shape index (κ2) is 8.84. The molecule has 2 aliphatic heterocycles.